The third-order valence-electron chi connectivity index (χ3n) is 6.31. The van der Waals surface area contributed by atoms with E-state index in [1.54, 1.807) is 0 Å². The summed E-state index contributed by atoms with van der Waals surface area (Å²) >= 11 is 5.92. The van der Waals surface area contributed by atoms with Crippen LogP contribution in [0.3, 0.4) is 0 Å². The van der Waals surface area contributed by atoms with Crippen molar-refractivity contribution in [1.29, 1.82) is 0 Å². The van der Waals surface area contributed by atoms with Crippen LogP contribution in [0.2, 0.25) is 0 Å². The topological polar surface area (TPSA) is 36.3 Å². The van der Waals surface area contributed by atoms with Crippen LogP contribution in [0.4, 0.5) is 11.4 Å². The predicted octanol–water partition coefficient (Wildman–Crippen LogP) is 5.73. The fourth-order valence-electron chi connectivity index (χ4n) is 4.80. The molecular formula is C28H29N5S. The van der Waals surface area contributed by atoms with Gasteiger partial charge in [0.05, 0.1) is 11.7 Å². The molecule has 5 rings (SSSR count). The van der Waals surface area contributed by atoms with Gasteiger partial charge >= 0.3 is 0 Å². The van der Waals surface area contributed by atoms with E-state index in [0.717, 1.165) is 22.8 Å². The summed E-state index contributed by atoms with van der Waals surface area (Å²) in [5.41, 5.74) is 7.93. The monoisotopic (exact) mass is 467 g/mol. The SMILES string of the molecule is Cc1cc(C)cc(N2C(=S)N[C@H](c3ccccn3)[C@@H]2c2cccn2-c2ccc(N(C)C)cc2)c1. The van der Waals surface area contributed by atoms with Gasteiger partial charge in [-0.2, -0.15) is 0 Å². The molecule has 2 aromatic heterocycles. The van der Waals surface area contributed by atoms with Crippen molar-refractivity contribution in [3.05, 3.63) is 108 Å². The lowest BCUT2D eigenvalue weighted by Crippen LogP contribution is -2.30. The van der Waals surface area contributed by atoms with Gasteiger partial charge in [0.15, 0.2) is 5.11 Å². The molecule has 1 N–H and O–H groups in total. The van der Waals surface area contributed by atoms with Crippen molar-refractivity contribution >= 4 is 28.7 Å². The largest absolute Gasteiger partial charge is 0.378 e. The second-order valence-corrected chi connectivity index (χ2v) is 9.44. The summed E-state index contributed by atoms with van der Waals surface area (Å²) in [4.78, 5) is 9.04. The van der Waals surface area contributed by atoms with Crippen molar-refractivity contribution < 1.29 is 0 Å². The van der Waals surface area contributed by atoms with Gasteiger partial charge in [-0.3, -0.25) is 4.98 Å². The summed E-state index contributed by atoms with van der Waals surface area (Å²) in [6.45, 7) is 4.26. The summed E-state index contributed by atoms with van der Waals surface area (Å²) in [5.74, 6) is 0. The quantitative estimate of drug-likeness (QED) is 0.379. The van der Waals surface area contributed by atoms with Gasteiger partial charge in [0.1, 0.15) is 6.04 Å². The zero-order valence-electron chi connectivity index (χ0n) is 19.9. The molecule has 4 aromatic rings. The molecule has 5 nitrogen and oxygen atoms in total. The molecule has 6 heteroatoms. The highest BCUT2D eigenvalue weighted by Crippen LogP contribution is 2.42. The Hall–Kier alpha value is -3.64. The lowest BCUT2D eigenvalue weighted by molar-refractivity contribution is 0.549. The summed E-state index contributed by atoms with van der Waals surface area (Å²) in [6, 6.07) is 25.4. The van der Waals surface area contributed by atoms with Crippen molar-refractivity contribution in [1.82, 2.24) is 14.9 Å². The Kier molecular flexibility index (Phi) is 5.84. The maximum Gasteiger partial charge on any atom is 0.174 e. The highest BCUT2D eigenvalue weighted by molar-refractivity contribution is 7.80. The number of anilines is 2. The van der Waals surface area contributed by atoms with Crippen LogP contribution >= 0.6 is 12.2 Å². The van der Waals surface area contributed by atoms with Gasteiger partial charge in [-0.25, -0.2) is 0 Å². The number of nitrogens with zero attached hydrogens (tertiary/aromatic N) is 4. The van der Waals surface area contributed by atoms with E-state index in [1.165, 1.54) is 16.8 Å². The Morgan fingerprint density at radius 1 is 0.882 bits per heavy atom. The molecule has 0 aliphatic carbocycles. The first-order chi connectivity index (χ1) is 16.4. The van der Waals surface area contributed by atoms with E-state index in [2.05, 4.69) is 119 Å². The smallest absolute Gasteiger partial charge is 0.174 e. The molecule has 1 saturated heterocycles. The number of pyridine rings is 1. The van der Waals surface area contributed by atoms with Crippen LogP contribution in [0.1, 0.15) is 34.6 Å². The van der Waals surface area contributed by atoms with E-state index in [-0.39, 0.29) is 12.1 Å². The first-order valence-corrected chi connectivity index (χ1v) is 11.9. The molecule has 34 heavy (non-hydrogen) atoms. The molecule has 1 aliphatic heterocycles. The molecule has 1 fully saturated rings. The van der Waals surface area contributed by atoms with Crippen LogP contribution in [0.25, 0.3) is 5.69 Å². The Morgan fingerprint density at radius 3 is 2.26 bits per heavy atom. The standard InChI is InChI=1S/C28H29N5S/c1-19-16-20(2)18-23(17-19)33-27(26(30-28(33)34)24-8-5-6-14-29-24)25-9-7-15-32(25)22-12-10-21(11-13-22)31(3)4/h5-18,26-27H,1-4H3,(H,30,34)/t26-,27+/m1/s1. The average Bonchev–Trinajstić information content (AvgIpc) is 3.43. The molecule has 0 unspecified atom stereocenters. The van der Waals surface area contributed by atoms with Crippen LogP contribution < -0.4 is 15.1 Å². The van der Waals surface area contributed by atoms with Gasteiger partial charge < -0.3 is 19.7 Å². The van der Waals surface area contributed by atoms with Crippen LogP contribution in [0.15, 0.2) is 85.2 Å². The number of hydrogen-bond acceptors (Lipinski definition) is 3. The fraction of sp³-hybridized carbons (Fsp3) is 0.214. The minimum atomic E-state index is -0.0794. The molecule has 172 valence electrons. The summed E-state index contributed by atoms with van der Waals surface area (Å²) in [6.07, 6.45) is 3.96. The Bertz CT molecular complexity index is 1290. The highest BCUT2D eigenvalue weighted by Gasteiger charge is 2.42. The normalized spacial score (nSPS) is 17.6. The Labute approximate surface area is 206 Å². The second-order valence-electron chi connectivity index (χ2n) is 9.06. The van der Waals surface area contributed by atoms with E-state index in [0.29, 0.717) is 5.11 Å². The molecule has 0 radical (unpaired) electrons. The van der Waals surface area contributed by atoms with Crippen LogP contribution in [0, 0.1) is 13.8 Å². The van der Waals surface area contributed by atoms with Gasteiger partial charge in [-0.1, -0.05) is 12.1 Å². The maximum absolute atomic E-state index is 5.92. The molecule has 2 atom stereocenters. The van der Waals surface area contributed by atoms with Gasteiger partial charge in [-0.15, -0.1) is 0 Å². The van der Waals surface area contributed by atoms with Gasteiger partial charge in [0.2, 0.25) is 0 Å². The van der Waals surface area contributed by atoms with Crippen molar-refractivity contribution in [2.45, 2.75) is 25.9 Å². The fourth-order valence-corrected chi connectivity index (χ4v) is 5.15. The first-order valence-electron chi connectivity index (χ1n) is 11.5. The molecule has 0 bridgehead atoms. The summed E-state index contributed by atoms with van der Waals surface area (Å²) in [5, 5.41) is 4.28. The van der Waals surface area contributed by atoms with Crippen LogP contribution in [-0.4, -0.2) is 28.8 Å². The number of nitrogens with one attached hydrogen (secondary N) is 1. The molecule has 0 spiro atoms. The molecular weight excluding hydrogens is 438 g/mol. The maximum atomic E-state index is 5.92. The third-order valence-corrected chi connectivity index (χ3v) is 6.62. The second kappa shape index (κ2) is 8.95. The molecule has 1 aliphatic rings. The van der Waals surface area contributed by atoms with Crippen molar-refractivity contribution in [3.63, 3.8) is 0 Å². The minimum Gasteiger partial charge on any atom is -0.378 e. The number of benzene rings is 2. The molecule has 2 aromatic carbocycles. The zero-order valence-corrected chi connectivity index (χ0v) is 20.8. The van der Waals surface area contributed by atoms with Crippen LogP contribution in [0.5, 0.6) is 0 Å². The summed E-state index contributed by atoms with van der Waals surface area (Å²) in [7, 11) is 4.11. The zero-order chi connectivity index (χ0) is 23.8. The lowest BCUT2D eigenvalue weighted by Gasteiger charge is -2.29. The number of rotatable bonds is 5. The number of hydrogen-bond donors (Lipinski definition) is 1. The first kappa shape index (κ1) is 22.2. The summed E-state index contributed by atoms with van der Waals surface area (Å²) < 4.78 is 2.26. The predicted molar refractivity (Wildman–Crippen MR) is 144 cm³/mol. The van der Waals surface area contributed by atoms with Crippen LogP contribution in [-0.2, 0) is 0 Å². The highest BCUT2D eigenvalue weighted by atomic mass is 32.1. The van der Waals surface area contributed by atoms with Gasteiger partial charge in [-0.05, 0) is 97.9 Å². The van der Waals surface area contributed by atoms with E-state index >= 15 is 0 Å². The molecule has 0 amide bonds. The number of aryl methyl sites for hydroxylation is 2. The van der Waals surface area contributed by atoms with E-state index in [9.17, 15) is 0 Å². The van der Waals surface area contributed by atoms with E-state index < -0.39 is 0 Å². The molecule has 3 heterocycles. The van der Waals surface area contributed by atoms with Crippen molar-refractivity contribution in [2.24, 2.45) is 0 Å². The van der Waals surface area contributed by atoms with E-state index in [1.807, 2.05) is 18.3 Å². The van der Waals surface area contributed by atoms with Crippen molar-refractivity contribution in [2.75, 3.05) is 23.9 Å². The van der Waals surface area contributed by atoms with E-state index in [4.69, 9.17) is 12.2 Å². The Morgan fingerprint density at radius 2 is 1.62 bits per heavy atom. The lowest BCUT2D eigenvalue weighted by atomic mass is 10.00. The van der Waals surface area contributed by atoms with Gasteiger partial charge in [0, 0.05) is 49.2 Å². The average molecular weight is 468 g/mol. The molecule has 0 saturated carbocycles. The van der Waals surface area contributed by atoms with Gasteiger partial charge in [0.25, 0.3) is 0 Å². The third kappa shape index (κ3) is 4.05. The van der Waals surface area contributed by atoms with Crippen molar-refractivity contribution in [3.8, 4) is 5.69 Å². The minimum absolute atomic E-state index is 0.0628. The number of aromatic nitrogens is 2. The number of thiocarbonyl (C=S) groups is 1. The Balaban J connectivity index is 1.65.